The van der Waals surface area contributed by atoms with Gasteiger partial charge in [0, 0.05) is 34.3 Å². The lowest BCUT2D eigenvalue weighted by Gasteiger charge is -2.23. The van der Waals surface area contributed by atoms with Crippen molar-refractivity contribution < 1.29 is 5.11 Å². The molecule has 4 heterocycles. The van der Waals surface area contributed by atoms with Gasteiger partial charge in [-0.1, -0.05) is 126 Å². The van der Waals surface area contributed by atoms with E-state index in [1.165, 1.54) is 11.1 Å². The van der Waals surface area contributed by atoms with Gasteiger partial charge < -0.3 is 5.11 Å². The number of fused-ring (bicyclic) bond motifs is 6. The zero-order valence-corrected chi connectivity index (χ0v) is 34.3. The zero-order chi connectivity index (χ0) is 39.9. The lowest BCUT2D eigenvalue weighted by Crippen LogP contribution is -2.12. The van der Waals surface area contributed by atoms with Gasteiger partial charge >= 0.3 is 0 Å². The van der Waals surface area contributed by atoms with E-state index in [9.17, 15) is 5.11 Å². The highest BCUT2D eigenvalue weighted by Gasteiger charge is 2.26. The van der Waals surface area contributed by atoms with Crippen LogP contribution in [0.25, 0.3) is 88.4 Å². The molecule has 10 rings (SSSR count). The number of benzene rings is 6. The molecule has 0 spiro atoms. The average molecular weight is 774 g/mol. The Morgan fingerprint density at radius 2 is 1.33 bits per heavy atom. The Bertz CT molecular complexity index is 3200. The minimum atomic E-state index is -0.109. The lowest BCUT2D eigenvalue weighted by molar-refractivity contribution is 0.477. The van der Waals surface area contributed by atoms with Crippen molar-refractivity contribution in [2.45, 2.75) is 52.4 Å². The third-order valence-corrected chi connectivity index (χ3v) is 12.3. The van der Waals surface area contributed by atoms with Crippen LogP contribution in [0.2, 0.25) is 0 Å². The number of hydrogen-bond acceptors (Lipinski definition) is 5. The number of imidazole rings is 2. The van der Waals surface area contributed by atoms with Crippen LogP contribution in [0.4, 0.5) is 0 Å². The maximum absolute atomic E-state index is 12.0. The first-order chi connectivity index (χ1) is 27.9. The molecule has 0 atom stereocenters. The van der Waals surface area contributed by atoms with Gasteiger partial charge in [0.2, 0.25) is 0 Å². The van der Waals surface area contributed by atoms with E-state index >= 15 is 0 Å². The van der Waals surface area contributed by atoms with Gasteiger partial charge in [0.15, 0.2) is 5.65 Å². The second-order valence-electron chi connectivity index (χ2n) is 17.2. The van der Waals surface area contributed by atoms with Gasteiger partial charge in [-0.2, -0.15) is 0 Å². The van der Waals surface area contributed by atoms with E-state index in [0.717, 1.165) is 77.0 Å². The summed E-state index contributed by atoms with van der Waals surface area (Å²) in [7, 11) is 0. The van der Waals surface area contributed by atoms with Crippen LogP contribution in [-0.4, -0.2) is 28.4 Å². The molecule has 6 aromatic carbocycles. The number of para-hydroxylation sites is 1. The molecule has 4 aromatic heterocycles. The van der Waals surface area contributed by atoms with E-state index in [0.29, 0.717) is 11.4 Å². The summed E-state index contributed by atoms with van der Waals surface area (Å²) in [5, 5.41) is 13.1. The van der Waals surface area contributed by atoms with Crippen molar-refractivity contribution in [2.75, 3.05) is 0 Å². The smallest absolute Gasteiger partial charge is 0.156 e. The monoisotopic (exact) mass is 773 g/mol. The van der Waals surface area contributed by atoms with Crippen molar-refractivity contribution in [2.24, 2.45) is 0 Å². The number of phenols is 1. The summed E-state index contributed by atoms with van der Waals surface area (Å²) in [6.07, 6.45) is 1.85. The van der Waals surface area contributed by atoms with Gasteiger partial charge in [-0.05, 0) is 93.7 Å². The predicted octanol–water partition coefficient (Wildman–Crippen LogP) is 13.4. The highest BCUT2D eigenvalue weighted by atomic mass is 32.1. The SMILES string of the molecule is CC(C)(C)c1cc(-c2ccccn2)cc(-c2cccc3c2nc(-c2cc4c(cc2O)nc2c5ccccc5sn42)n3-c2ccc(C(C)(C)C)cc2-c2ccccc2)c1. The zero-order valence-electron chi connectivity index (χ0n) is 33.4. The normalized spacial score (nSPS) is 12.4. The minimum Gasteiger partial charge on any atom is -0.507 e. The maximum Gasteiger partial charge on any atom is 0.156 e. The molecule has 0 unspecified atom stereocenters. The van der Waals surface area contributed by atoms with E-state index in [-0.39, 0.29) is 16.6 Å². The summed E-state index contributed by atoms with van der Waals surface area (Å²) >= 11 is 1.66. The van der Waals surface area contributed by atoms with Crippen LogP contribution in [-0.2, 0) is 10.8 Å². The molecule has 0 fully saturated rings. The van der Waals surface area contributed by atoms with Gasteiger partial charge in [-0.25, -0.2) is 13.8 Å². The number of nitrogens with zero attached hydrogens (tertiary/aromatic N) is 5. The molecule has 0 amide bonds. The predicted molar refractivity (Wildman–Crippen MR) is 241 cm³/mol. The molecule has 0 aliphatic heterocycles. The Morgan fingerprint density at radius 3 is 2.10 bits per heavy atom. The maximum atomic E-state index is 12.0. The third-order valence-electron chi connectivity index (χ3n) is 11.2. The molecule has 7 heteroatoms. The van der Waals surface area contributed by atoms with Gasteiger partial charge in [-0.3, -0.25) is 9.55 Å². The molecule has 0 radical (unpaired) electrons. The molecule has 0 aliphatic rings. The molecule has 1 N–H and O–H groups in total. The number of aromatic nitrogens is 5. The number of rotatable bonds is 5. The van der Waals surface area contributed by atoms with E-state index < -0.39 is 0 Å². The number of phenolic OH excluding ortho intramolecular Hbond substituents is 1. The number of hydrogen-bond donors (Lipinski definition) is 1. The standard InChI is InChI=1S/C51H43N5OS/c1-50(2,3)34-22-23-42(38(28-34)31-15-8-7-9-16-31)55-43-20-14-18-36(32-25-33(40-19-12-13-24-52-40)27-35(26-32)51(4,5)6)47(43)54-48(55)39-29-44-41(30-45(39)57)53-49-37-17-10-11-21-46(37)58-56(44)49/h7-30,57H,1-6H3. The van der Waals surface area contributed by atoms with Crippen LogP contribution < -0.4 is 0 Å². The van der Waals surface area contributed by atoms with Gasteiger partial charge in [0.05, 0.1) is 43.7 Å². The van der Waals surface area contributed by atoms with Crippen molar-refractivity contribution in [1.82, 2.24) is 23.3 Å². The van der Waals surface area contributed by atoms with Gasteiger partial charge in [0.1, 0.15) is 11.6 Å². The first-order valence-electron chi connectivity index (χ1n) is 19.8. The molecule has 0 aliphatic carbocycles. The Morgan fingerprint density at radius 1 is 0.569 bits per heavy atom. The summed E-state index contributed by atoms with van der Waals surface area (Å²) in [6, 6.07) is 48.8. The van der Waals surface area contributed by atoms with Crippen molar-refractivity contribution >= 4 is 49.3 Å². The molecule has 10 aromatic rings. The fraction of sp³-hybridized carbons (Fsp3) is 0.157. The van der Waals surface area contributed by atoms with E-state index in [1.807, 2.05) is 24.4 Å². The molecule has 0 saturated carbocycles. The van der Waals surface area contributed by atoms with Crippen LogP contribution in [0.3, 0.4) is 0 Å². The van der Waals surface area contributed by atoms with Crippen LogP contribution in [0.15, 0.2) is 146 Å². The third kappa shape index (κ3) is 5.96. The molecular formula is C51H43N5OS. The summed E-state index contributed by atoms with van der Waals surface area (Å²) in [4.78, 5) is 15.3. The fourth-order valence-electron chi connectivity index (χ4n) is 8.06. The Kier molecular flexibility index (Phi) is 8.18. The van der Waals surface area contributed by atoms with Crippen molar-refractivity contribution in [1.29, 1.82) is 0 Å². The minimum absolute atomic E-state index is 0.0701. The summed E-state index contributed by atoms with van der Waals surface area (Å²) in [6.45, 7) is 13.5. The van der Waals surface area contributed by atoms with E-state index in [2.05, 4.69) is 165 Å². The average Bonchev–Trinajstić information content (AvgIpc) is 3.90. The summed E-state index contributed by atoms with van der Waals surface area (Å²) < 4.78 is 5.57. The largest absolute Gasteiger partial charge is 0.507 e. The van der Waals surface area contributed by atoms with Crippen molar-refractivity contribution in [3.8, 4) is 56.3 Å². The van der Waals surface area contributed by atoms with E-state index in [4.69, 9.17) is 15.0 Å². The summed E-state index contributed by atoms with van der Waals surface area (Å²) in [5.74, 6) is 0.774. The Hall–Kier alpha value is -6.57. The van der Waals surface area contributed by atoms with Gasteiger partial charge in [-0.15, -0.1) is 0 Å². The number of pyridine rings is 1. The Labute approximate surface area is 341 Å². The molecule has 0 bridgehead atoms. The second kappa shape index (κ2) is 13.3. The molecule has 284 valence electrons. The van der Waals surface area contributed by atoms with Crippen LogP contribution in [0.1, 0.15) is 52.7 Å². The topological polar surface area (TPSA) is 68.2 Å². The lowest BCUT2D eigenvalue weighted by atomic mass is 9.83. The van der Waals surface area contributed by atoms with Crippen molar-refractivity contribution in [3.63, 3.8) is 0 Å². The number of aromatic hydroxyl groups is 1. The van der Waals surface area contributed by atoms with Crippen LogP contribution in [0.5, 0.6) is 5.75 Å². The highest BCUT2D eigenvalue weighted by molar-refractivity contribution is 7.14. The molecule has 6 nitrogen and oxygen atoms in total. The van der Waals surface area contributed by atoms with Crippen LogP contribution >= 0.6 is 11.5 Å². The second-order valence-corrected chi connectivity index (χ2v) is 18.2. The quantitative estimate of drug-likeness (QED) is 0.189. The van der Waals surface area contributed by atoms with E-state index in [1.54, 1.807) is 17.6 Å². The summed E-state index contributed by atoms with van der Waals surface area (Å²) in [5.41, 5.74) is 14.4. The first-order valence-corrected chi connectivity index (χ1v) is 20.5. The molecular weight excluding hydrogens is 731 g/mol. The first kappa shape index (κ1) is 35.8. The Balaban J connectivity index is 1.30. The van der Waals surface area contributed by atoms with Crippen molar-refractivity contribution in [3.05, 3.63) is 157 Å². The fourth-order valence-corrected chi connectivity index (χ4v) is 9.13. The van der Waals surface area contributed by atoms with Crippen LogP contribution in [0, 0.1) is 0 Å². The molecule has 0 saturated heterocycles. The van der Waals surface area contributed by atoms with Gasteiger partial charge in [0.25, 0.3) is 0 Å². The molecule has 58 heavy (non-hydrogen) atoms. The highest BCUT2D eigenvalue weighted by Crippen LogP contribution is 2.44.